The highest BCUT2D eigenvalue weighted by Gasteiger charge is 2.23. The molecule has 1 aliphatic rings. The molecule has 162 valence electrons. The Morgan fingerprint density at radius 2 is 1.39 bits per heavy atom. The van der Waals surface area contributed by atoms with E-state index in [1.54, 1.807) is 19.2 Å². The second kappa shape index (κ2) is 9.25. The van der Waals surface area contributed by atoms with Gasteiger partial charge in [0.05, 0.1) is 4.90 Å². The highest BCUT2D eigenvalue weighted by molar-refractivity contribution is 7.89. The van der Waals surface area contributed by atoms with Crippen molar-refractivity contribution in [3.63, 3.8) is 0 Å². The maximum absolute atomic E-state index is 13.0. The first kappa shape index (κ1) is 21.6. The van der Waals surface area contributed by atoms with Gasteiger partial charge in [-0.1, -0.05) is 55.5 Å². The number of fused-ring (bicyclic) bond motifs is 2. The van der Waals surface area contributed by atoms with E-state index in [1.807, 2.05) is 12.1 Å². The third-order valence-electron chi connectivity index (χ3n) is 6.12. The molecule has 0 saturated heterocycles. The Bertz CT molecular complexity index is 1090. The van der Waals surface area contributed by atoms with E-state index in [-0.39, 0.29) is 0 Å². The molecule has 0 bridgehead atoms. The quantitative estimate of drug-likeness (QED) is 0.513. The minimum Gasteiger partial charge on any atom is -0.341 e. The number of hydrogen-bond donors (Lipinski definition) is 0. The summed E-state index contributed by atoms with van der Waals surface area (Å²) in [7, 11) is -1.81. The van der Waals surface area contributed by atoms with Crippen molar-refractivity contribution in [3.8, 4) is 0 Å². The Morgan fingerprint density at radius 3 is 1.94 bits per heavy atom. The van der Waals surface area contributed by atoms with Crippen LogP contribution in [0.25, 0.3) is 0 Å². The van der Waals surface area contributed by atoms with Crippen LogP contribution in [0.4, 0.5) is 11.4 Å². The molecule has 5 heteroatoms. The maximum atomic E-state index is 13.0. The predicted molar refractivity (Wildman–Crippen MR) is 128 cm³/mol. The van der Waals surface area contributed by atoms with Crippen molar-refractivity contribution in [1.29, 1.82) is 0 Å². The van der Waals surface area contributed by atoms with Gasteiger partial charge in [0.25, 0.3) is 0 Å². The van der Waals surface area contributed by atoms with Crippen molar-refractivity contribution in [1.82, 2.24) is 4.31 Å². The molecule has 0 atom stereocenters. The van der Waals surface area contributed by atoms with Gasteiger partial charge in [-0.2, -0.15) is 0 Å². The predicted octanol–water partition coefficient (Wildman–Crippen LogP) is 5.20. The van der Waals surface area contributed by atoms with Gasteiger partial charge in [0.1, 0.15) is 0 Å². The summed E-state index contributed by atoms with van der Waals surface area (Å²) in [4.78, 5) is 2.71. The molecule has 0 spiro atoms. The molecule has 31 heavy (non-hydrogen) atoms. The number of para-hydroxylation sites is 2. The SMILES string of the molecule is CCc1ccc(S(=O)(=O)N(C)CCCN2c3ccccc3CCc3ccccc32)cc1. The molecule has 0 radical (unpaired) electrons. The van der Waals surface area contributed by atoms with Crippen LogP contribution in [-0.4, -0.2) is 32.9 Å². The summed E-state index contributed by atoms with van der Waals surface area (Å²) in [5, 5.41) is 0. The van der Waals surface area contributed by atoms with Gasteiger partial charge in [0.2, 0.25) is 10.0 Å². The normalized spacial score (nSPS) is 13.6. The van der Waals surface area contributed by atoms with Crippen molar-refractivity contribution in [2.75, 3.05) is 25.0 Å². The van der Waals surface area contributed by atoms with Crippen LogP contribution in [0, 0.1) is 0 Å². The fraction of sp³-hybridized carbons (Fsp3) is 0.308. The molecule has 4 rings (SSSR count). The lowest BCUT2D eigenvalue weighted by molar-refractivity contribution is 0.463. The van der Waals surface area contributed by atoms with Crippen LogP contribution in [0.1, 0.15) is 30.0 Å². The number of hydrogen-bond acceptors (Lipinski definition) is 3. The molecule has 3 aromatic rings. The van der Waals surface area contributed by atoms with E-state index in [4.69, 9.17) is 0 Å². The summed E-state index contributed by atoms with van der Waals surface area (Å²) in [6.07, 6.45) is 3.68. The molecular formula is C26H30N2O2S. The van der Waals surface area contributed by atoms with Crippen molar-refractivity contribution in [2.45, 2.75) is 37.5 Å². The van der Waals surface area contributed by atoms with Gasteiger partial charge in [0, 0.05) is 31.5 Å². The Balaban J connectivity index is 1.50. The lowest BCUT2D eigenvalue weighted by atomic mass is 10.0. The second-order valence-electron chi connectivity index (χ2n) is 8.09. The van der Waals surface area contributed by atoms with Gasteiger partial charge in [-0.25, -0.2) is 12.7 Å². The average Bonchev–Trinajstić information content (AvgIpc) is 2.96. The molecule has 0 N–H and O–H groups in total. The van der Waals surface area contributed by atoms with Crippen LogP contribution >= 0.6 is 0 Å². The molecule has 0 fully saturated rings. The molecule has 0 saturated carbocycles. The molecule has 1 aliphatic heterocycles. The summed E-state index contributed by atoms with van der Waals surface area (Å²) in [6.45, 7) is 3.30. The van der Waals surface area contributed by atoms with E-state index in [0.717, 1.165) is 37.8 Å². The summed E-state index contributed by atoms with van der Waals surface area (Å²) in [5.74, 6) is 0. The molecule has 4 nitrogen and oxygen atoms in total. The number of benzene rings is 3. The fourth-order valence-electron chi connectivity index (χ4n) is 4.26. The van der Waals surface area contributed by atoms with Gasteiger partial charge in [0.15, 0.2) is 0 Å². The van der Waals surface area contributed by atoms with Crippen LogP contribution in [0.15, 0.2) is 77.7 Å². The van der Waals surface area contributed by atoms with E-state index >= 15 is 0 Å². The minimum atomic E-state index is -3.48. The van der Waals surface area contributed by atoms with Crippen molar-refractivity contribution in [2.24, 2.45) is 0 Å². The number of nitrogens with zero attached hydrogens (tertiary/aromatic N) is 2. The molecular weight excluding hydrogens is 404 g/mol. The first-order valence-electron chi connectivity index (χ1n) is 11.0. The van der Waals surface area contributed by atoms with Crippen LogP contribution in [0.3, 0.4) is 0 Å². The van der Waals surface area contributed by atoms with E-state index < -0.39 is 10.0 Å². The molecule has 0 unspecified atom stereocenters. The van der Waals surface area contributed by atoms with Gasteiger partial charge in [-0.05, 0) is 66.6 Å². The van der Waals surface area contributed by atoms with Crippen LogP contribution < -0.4 is 4.90 Å². The van der Waals surface area contributed by atoms with E-state index in [9.17, 15) is 8.42 Å². The van der Waals surface area contributed by atoms with Crippen molar-refractivity contribution >= 4 is 21.4 Å². The second-order valence-corrected chi connectivity index (χ2v) is 10.1. The van der Waals surface area contributed by atoms with Gasteiger partial charge in [-0.15, -0.1) is 0 Å². The highest BCUT2D eigenvalue weighted by atomic mass is 32.2. The number of rotatable bonds is 7. The summed E-state index contributed by atoms with van der Waals surface area (Å²) >= 11 is 0. The molecule has 0 amide bonds. The zero-order chi connectivity index (χ0) is 21.8. The topological polar surface area (TPSA) is 40.6 Å². The Labute approximate surface area is 186 Å². The van der Waals surface area contributed by atoms with Crippen LogP contribution in [0.2, 0.25) is 0 Å². The summed E-state index contributed by atoms with van der Waals surface area (Å²) < 4.78 is 27.4. The third-order valence-corrected chi connectivity index (χ3v) is 7.99. The standard InChI is InChI=1S/C26H30N2O2S/c1-3-21-13-17-24(18-14-21)31(29,30)27(2)19-8-20-28-25-11-6-4-9-22(25)15-16-23-10-5-7-12-26(23)28/h4-7,9-14,17-18H,3,8,15-16,19-20H2,1-2H3. The molecule has 3 aromatic carbocycles. The first-order chi connectivity index (χ1) is 15.0. The highest BCUT2D eigenvalue weighted by Crippen LogP contribution is 2.35. The molecule has 0 aromatic heterocycles. The van der Waals surface area contributed by atoms with Crippen molar-refractivity contribution in [3.05, 3.63) is 89.5 Å². The number of sulfonamides is 1. The molecule has 0 aliphatic carbocycles. The maximum Gasteiger partial charge on any atom is 0.242 e. The lowest BCUT2D eigenvalue weighted by Gasteiger charge is -2.28. The zero-order valence-electron chi connectivity index (χ0n) is 18.3. The monoisotopic (exact) mass is 434 g/mol. The van der Waals surface area contributed by atoms with Gasteiger partial charge in [-0.3, -0.25) is 0 Å². The summed E-state index contributed by atoms with van der Waals surface area (Å²) in [6, 6.07) is 24.3. The third kappa shape index (κ3) is 4.53. The van der Waals surface area contributed by atoms with Crippen LogP contribution in [-0.2, 0) is 29.3 Å². The van der Waals surface area contributed by atoms with E-state index in [1.165, 1.54) is 26.8 Å². The Hall–Kier alpha value is -2.63. The average molecular weight is 435 g/mol. The summed E-state index contributed by atoms with van der Waals surface area (Å²) in [5.41, 5.74) is 6.28. The van der Waals surface area contributed by atoms with Crippen molar-refractivity contribution < 1.29 is 8.42 Å². The smallest absolute Gasteiger partial charge is 0.242 e. The number of anilines is 2. The first-order valence-corrected chi connectivity index (χ1v) is 12.4. The largest absolute Gasteiger partial charge is 0.341 e. The molecule has 1 heterocycles. The van der Waals surface area contributed by atoms with Gasteiger partial charge < -0.3 is 4.90 Å². The zero-order valence-corrected chi connectivity index (χ0v) is 19.1. The Kier molecular flexibility index (Phi) is 6.44. The van der Waals surface area contributed by atoms with Gasteiger partial charge >= 0.3 is 0 Å². The van der Waals surface area contributed by atoms with E-state index in [2.05, 4.69) is 60.4 Å². The fourth-order valence-corrected chi connectivity index (χ4v) is 5.47. The Morgan fingerprint density at radius 1 is 0.839 bits per heavy atom. The minimum absolute atomic E-state index is 0.359. The number of aryl methyl sites for hydroxylation is 3. The van der Waals surface area contributed by atoms with E-state index in [0.29, 0.717) is 11.4 Å². The lowest BCUT2D eigenvalue weighted by Crippen LogP contribution is -2.30. The van der Waals surface area contributed by atoms with Crippen LogP contribution in [0.5, 0.6) is 0 Å².